The van der Waals surface area contributed by atoms with E-state index in [2.05, 4.69) is 45.1 Å². The van der Waals surface area contributed by atoms with E-state index >= 15 is 0 Å². The van der Waals surface area contributed by atoms with Crippen molar-refractivity contribution < 1.29 is 0 Å². The zero-order chi connectivity index (χ0) is 15.6. The van der Waals surface area contributed by atoms with Gasteiger partial charge in [0, 0.05) is 6.54 Å². The number of rotatable bonds is 4. The molecule has 0 unspecified atom stereocenters. The summed E-state index contributed by atoms with van der Waals surface area (Å²) < 4.78 is 0.881. The lowest BCUT2D eigenvalue weighted by atomic mass is 10.1. The number of benzene rings is 1. The van der Waals surface area contributed by atoms with Crippen molar-refractivity contribution in [2.75, 3.05) is 11.9 Å². The first kappa shape index (κ1) is 16.5. The zero-order valence-electron chi connectivity index (χ0n) is 12.0. The number of hydrogen-bond donors (Lipinski definition) is 1. The summed E-state index contributed by atoms with van der Waals surface area (Å²) in [7, 11) is 0. The summed E-state index contributed by atoms with van der Waals surface area (Å²) in [5, 5.41) is 4.32. The molecule has 3 nitrogen and oxygen atoms in total. The molecule has 0 saturated heterocycles. The van der Waals surface area contributed by atoms with E-state index in [0.29, 0.717) is 21.4 Å². The van der Waals surface area contributed by atoms with Gasteiger partial charge in [0.25, 0.3) is 0 Å². The quantitative estimate of drug-likeness (QED) is 0.722. The van der Waals surface area contributed by atoms with Crippen LogP contribution in [0.2, 0.25) is 10.0 Å². The third-order valence-corrected chi connectivity index (χ3v) is 4.37. The molecular weight excluding hydrogens is 373 g/mol. The summed E-state index contributed by atoms with van der Waals surface area (Å²) in [6.07, 6.45) is 0. The topological polar surface area (TPSA) is 37.8 Å². The molecule has 2 aromatic rings. The monoisotopic (exact) mass is 387 g/mol. The van der Waals surface area contributed by atoms with Gasteiger partial charge in [0.05, 0.1) is 25.8 Å². The highest BCUT2D eigenvalue weighted by Crippen LogP contribution is 2.36. The number of anilines is 1. The van der Waals surface area contributed by atoms with Crippen LogP contribution in [0.4, 0.5) is 5.82 Å². The largest absolute Gasteiger partial charge is 0.369 e. The summed E-state index contributed by atoms with van der Waals surface area (Å²) in [6.45, 7) is 6.95. The minimum Gasteiger partial charge on any atom is -0.369 e. The Balaban J connectivity index is 2.69. The minimum atomic E-state index is 0.250. The highest BCUT2D eigenvalue weighted by molar-refractivity contribution is 9.10. The molecule has 0 atom stereocenters. The van der Waals surface area contributed by atoms with Gasteiger partial charge in [-0.3, -0.25) is 0 Å². The van der Waals surface area contributed by atoms with Gasteiger partial charge in [0.2, 0.25) is 0 Å². The van der Waals surface area contributed by atoms with E-state index in [9.17, 15) is 0 Å². The molecule has 0 aliphatic carbocycles. The lowest BCUT2D eigenvalue weighted by molar-refractivity contribution is 0.809. The maximum Gasteiger partial charge on any atom is 0.164 e. The lowest BCUT2D eigenvalue weighted by Crippen LogP contribution is -2.07. The van der Waals surface area contributed by atoms with Crippen molar-refractivity contribution in [2.24, 2.45) is 0 Å². The standard InChI is InChI=1S/C15H16BrCl2N3/c1-4-19-15-12(16)13(8(2)3)20-14(21-15)11-9(17)6-5-7-10(11)18/h5-8H,4H2,1-3H3,(H,19,20,21). The van der Waals surface area contributed by atoms with Crippen molar-refractivity contribution in [3.8, 4) is 11.4 Å². The summed E-state index contributed by atoms with van der Waals surface area (Å²) >= 11 is 16.1. The Morgan fingerprint density at radius 2 is 1.81 bits per heavy atom. The van der Waals surface area contributed by atoms with E-state index in [0.717, 1.165) is 22.5 Å². The Bertz CT molecular complexity index is 639. The molecular formula is C15H16BrCl2N3. The van der Waals surface area contributed by atoms with Gasteiger partial charge >= 0.3 is 0 Å². The van der Waals surface area contributed by atoms with Crippen LogP contribution in [0.5, 0.6) is 0 Å². The fraction of sp³-hybridized carbons (Fsp3) is 0.333. The smallest absolute Gasteiger partial charge is 0.164 e. The first-order valence-corrected chi connectivity index (χ1v) is 8.26. The van der Waals surface area contributed by atoms with Crippen LogP contribution in [-0.4, -0.2) is 16.5 Å². The van der Waals surface area contributed by atoms with Crippen molar-refractivity contribution in [2.45, 2.75) is 26.7 Å². The molecule has 0 aliphatic heterocycles. The van der Waals surface area contributed by atoms with Crippen molar-refractivity contribution in [3.63, 3.8) is 0 Å². The molecule has 0 amide bonds. The normalized spacial score (nSPS) is 11.0. The Morgan fingerprint density at radius 3 is 2.33 bits per heavy atom. The third-order valence-electron chi connectivity index (χ3n) is 2.95. The predicted octanol–water partition coefficient (Wildman–Crippen LogP) is 5.77. The molecule has 21 heavy (non-hydrogen) atoms. The van der Waals surface area contributed by atoms with Crippen LogP contribution >= 0.6 is 39.1 Å². The van der Waals surface area contributed by atoms with Crippen molar-refractivity contribution in [1.29, 1.82) is 0 Å². The van der Waals surface area contributed by atoms with Gasteiger partial charge in [-0.25, -0.2) is 9.97 Å². The van der Waals surface area contributed by atoms with E-state index in [1.807, 2.05) is 13.0 Å². The second-order valence-electron chi connectivity index (χ2n) is 4.88. The highest BCUT2D eigenvalue weighted by Gasteiger charge is 2.18. The number of nitrogens with one attached hydrogen (secondary N) is 1. The van der Waals surface area contributed by atoms with Crippen LogP contribution in [0.25, 0.3) is 11.4 Å². The molecule has 0 spiro atoms. The van der Waals surface area contributed by atoms with Crippen LogP contribution in [-0.2, 0) is 0 Å². The predicted molar refractivity (Wildman–Crippen MR) is 93.4 cm³/mol. The average molecular weight is 389 g/mol. The van der Waals surface area contributed by atoms with Gasteiger partial charge < -0.3 is 5.32 Å². The Hall–Kier alpha value is -0.840. The fourth-order valence-corrected chi connectivity index (χ4v) is 3.30. The van der Waals surface area contributed by atoms with Crippen molar-refractivity contribution >= 4 is 44.9 Å². The Kier molecular flexibility index (Phi) is 5.47. The lowest BCUT2D eigenvalue weighted by Gasteiger charge is -2.15. The molecule has 0 saturated carbocycles. The van der Waals surface area contributed by atoms with E-state index in [-0.39, 0.29) is 5.92 Å². The molecule has 0 fully saturated rings. The molecule has 1 N–H and O–H groups in total. The van der Waals surface area contributed by atoms with E-state index in [4.69, 9.17) is 23.2 Å². The van der Waals surface area contributed by atoms with Crippen LogP contribution in [0.1, 0.15) is 32.4 Å². The molecule has 1 aromatic heterocycles. The van der Waals surface area contributed by atoms with Gasteiger partial charge in [0.1, 0.15) is 5.82 Å². The highest BCUT2D eigenvalue weighted by atomic mass is 79.9. The summed E-state index contributed by atoms with van der Waals surface area (Å²) in [5.74, 6) is 1.54. The van der Waals surface area contributed by atoms with Gasteiger partial charge in [-0.05, 0) is 40.9 Å². The zero-order valence-corrected chi connectivity index (χ0v) is 15.1. The van der Waals surface area contributed by atoms with Gasteiger partial charge in [-0.15, -0.1) is 0 Å². The first-order valence-electron chi connectivity index (χ1n) is 6.71. The summed E-state index contributed by atoms with van der Waals surface area (Å²) in [4.78, 5) is 9.20. The second-order valence-corrected chi connectivity index (χ2v) is 6.48. The number of halogens is 3. The van der Waals surface area contributed by atoms with E-state index in [1.54, 1.807) is 12.1 Å². The maximum absolute atomic E-state index is 6.27. The number of nitrogens with zero attached hydrogens (tertiary/aromatic N) is 2. The average Bonchev–Trinajstić information content (AvgIpc) is 2.41. The summed E-state index contributed by atoms with van der Waals surface area (Å²) in [6, 6.07) is 5.38. The van der Waals surface area contributed by atoms with Crippen molar-refractivity contribution in [1.82, 2.24) is 9.97 Å². The Labute approximate surface area is 143 Å². The Morgan fingerprint density at radius 1 is 1.19 bits per heavy atom. The van der Waals surface area contributed by atoms with E-state index in [1.165, 1.54) is 0 Å². The molecule has 0 aliphatic rings. The molecule has 6 heteroatoms. The summed E-state index contributed by atoms with van der Waals surface area (Å²) in [5.41, 5.74) is 1.58. The molecule has 0 radical (unpaired) electrons. The van der Waals surface area contributed by atoms with Gasteiger partial charge in [-0.2, -0.15) is 0 Å². The number of hydrogen-bond acceptors (Lipinski definition) is 3. The number of aromatic nitrogens is 2. The minimum absolute atomic E-state index is 0.250. The van der Waals surface area contributed by atoms with Crippen molar-refractivity contribution in [3.05, 3.63) is 38.4 Å². The van der Waals surface area contributed by atoms with E-state index < -0.39 is 0 Å². The van der Waals surface area contributed by atoms with Crippen LogP contribution < -0.4 is 5.32 Å². The molecule has 1 aromatic carbocycles. The van der Waals surface area contributed by atoms with Gasteiger partial charge in [-0.1, -0.05) is 43.1 Å². The third kappa shape index (κ3) is 3.50. The maximum atomic E-state index is 6.27. The second kappa shape index (κ2) is 6.95. The fourth-order valence-electron chi connectivity index (χ4n) is 1.95. The van der Waals surface area contributed by atoms with Crippen LogP contribution in [0, 0.1) is 0 Å². The van der Waals surface area contributed by atoms with Crippen LogP contribution in [0.15, 0.2) is 22.7 Å². The molecule has 2 rings (SSSR count). The SMILES string of the molecule is CCNc1nc(-c2c(Cl)cccc2Cl)nc(C(C)C)c1Br. The first-order chi connectivity index (χ1) is 9.95. The molecule has 112 valence electrons. The van der Waals surface area contributed by atoms with Crippen LogP contribution in [0.3, 0.4) is 0 Å². The van der Waals surface area contributed by atoms with Gasteiger partial charge in [0.15, 0.2) is 5.82 Å². The molecule has 1 heterocycles. The molecule has 0 bridgehead atoms.